The van der Waals surface area contributed by atoms with E-state index in [-0.39, 0.29) is 6.42 Å². The Balaban J connectivity index is 3.32. The first-order valence-corrected chi connectivity index (χ1v) is 9.61. The van der Waals surface area contributed by atoms with Gasteiger partial charge in [-0.2, -0.15) is 0 Å². The Morgan fingerprint density at radius 2 is 1.22 bits per heavy atom. The molecule has 0 aromatic heterocycles. The van der Waals surface area contributed by atoms with Gasteiger partial charge in [-0.05, 0) is 6.42 Å². The van der Waals surface area contributed by atoms with Gasteiger partial charge in [-0.25, -0.2) is 4.79 Å². The SMILES string of the molecule is CCCCCCCCCCCCCCC(N)C(=O)OC(=O)CC. The summed E-state index contributed by atoms with van der Waals surface area (Å²) in [5.41, 5.74) is 5.72. The highest BCUT2D eigenvalue weighted by Gasteiger charge is 2.17. The van der Waals surface area contributed by atoms with E-state index in [4.69, 9.17) is 5.73 Å². The Labute approximate surface area is 142 Å². The van der Waals surface area contributed by atoms with Crippen molar-refractivity contribution >= 4 is 11.9 Å². The molecule has 2 N–H and O–H groups in total. The van der Waals surface area contributed by atoms with Gasteiger partial charge in [0.05, 0.1) is 0 Å². The molecule has 1 unspecified atom stereocenters. The molecule has 0 aromatic carbocycles. The van der Waals surface area contributed by atoms with Crippen molar-refractivity contribution in [2.45, 2.75) is 110 Å². The van der Waals surface area contributed by atoms with Gasteiger partial charge in [-0.1, -0.05) is 90.9 Å². The summed E-state index contributed by atoms with van der Waals surface area (Å²) in [6.07, 6.45) is 16.2. The minimum atomic E-state index is -0.659. The summed E-state index contributed by atoms with van der Waals surface area (Å²) in [4.78, 5) is 22.5. The molecule has 1 atom stereocenters. The Hall–Kier alpha value is -0.900. The third-order valence-electron chi connectivity index (χ3n) is 4.17. The third-order valence-corrected chi connectivity index (χ3v) is 4.17. The summed E-state index contributed by atoms with van der Waals surface area (Å²) in [5, 5.41) is 0. The maximum absolute atomic E-state index is 11.5. The summed E-state index contributed by atoms with van der Waals surface area (Å²) >= 11 is 0. The summed E-state index contributed by atoms with van der Waals surface area (Å²) < 4.78 is 4.62. The van der Waals surface area contributed by atoms with Crippen LogP contribution in [0.1, 0.15) is 104 Å². The van der Waals surface area contributed by atoms with Gasteiger partial charge in [-0.15, -0.1) is 0 Å². The van der Waals surface area contributed by atoms with E-state index in [2.05, 4.69) is 11.7 Å². The summed E-state index contributed by atoms with van der Waals surface area (Å²) in [6, 6.07) is -0.659. The van der Waals surface area contributed by atoms with Gasteiger partial charge in [0.15, 0.2) is 0 Å². The smallest absolute Gasteiger partial charge is 0.330 e. The first-order chi connectivity index (χ1) is 11.1. The fourth-order valence-electron chi connectivity index (χ4n) is 2.58. The topological polar surface area (TPSA) is 69.4 Å². The van der Waals surface area contributed by atoms with Gasteiger partial charge >= 0.3 is 11.9 Å². The predicted molar refractivity (Wildman–Crippen MR) is 95.1 cm³/mol. The van der Waals surface area contributed by atoms with E-state index in [9.17, 15) is 9.59 Å². The molecule has 0 saturated carbocycles. The van der Waals surface area contributed by atoms with Crippen LogP contribution in [0, 0.1) is 0 Å². The number of carbonyl (C=O) groups excluding carboxylic acids is 2. The molecule has 0 aliphatic carbocycles. The van der Waals surface area contributed by atoms with E-state index in [1.807, 2.05) is 0 Å². The van der Waals surface area contributed by atoms with Crippen LogP contribution in [0.25, 0.3) is 0 Å². The third kappa shape index (κ3) is 14.4. The number of hydrogen-bond donors (Lipinski definition) is 1. The molecule has 0 fully saturated rings. The van der Waals surface area contributed by atoms with E-state index in [0.29, 0.717) is 6.42 Å². The van der Waals surface area contributed by atoms with Crippen molar-refractivity contribution in [2.75, 3.05) is 0 Å². The Morgan fingerprint density at radius 1 is 0.783 bits per heavy atom. The lowest BCUT2D eigenvalue weighted by atomic mass is 10.0. The molecule has 0 aromatic rings. The fourth-order valence-corrected chi connectivity index (χ4v) is 2.58. The lowest BCUT2D eigenvalue weighted by Gasteiger charge is -2.09. The molecule has 4 nitrogen and oxygen atoms in total. The summed E-state index contributed by atoms with van der Waals surface area (Å²) in [6.45, 7) is 3.91. The van der Waals surface area contributed by atoms with Crippen LogP contribution in [0.4, 0.5) is 0 Å². The number of esters is 2. The number of unbranched alkanes of at least 4 members (excludes halogenated alkanes) is 11. The van der Waals surface area contributed by atoms with Gasteiger partial charge in [-0.3, -0.25) is 4.79 Å². The highest BCUT2D eigenvalue weighted by molar-refractivity contribution is 5.88. The molecular weight excluding hydrogens is 290 g/mol. The summed E-state index contributed by atoms with van der Waals surface area (Å²) in [7, 11) is 0. The van der Waals surface area contributed by atoms with Crippen LogP contribution in [0.2, 0.25) is 0 Å². The van der Waals surface area contributed by atoms with Crippen molar-refractivity contribution in [2.24, 2.45) is 5.73 Å². The van der Waals surface area contributed by atoms with Crippen molar-refractivity contribution < 1.29 is 14.3 Å². The van der Waals surface area contributed by atoms with Crippen molar-refractivity contribution in [3.63, 3.8) is 0 Å². The van der Waals surface area contributed by atoms with E-state index in [1.54, 1.807) is 6.92 Å². The Bertz CT molecular complexity index is 305. The van der Waals surface area contributed by atoms with E-state index < -0.39 is 18.0 Å². The maximum atomic E-state index is 11.5. The van der Waals surface area contributed by atoms with Gasteiger partial charge in [0.1, 0.15) is 6.04 Å². The zero-order valence-corrected chi connectivity index (χ0v) is 15.3. The average Bonchev–Trinajstić information content (AvgIpc) is 2.55. The number of carbonyl (C=O) groups is 2. The predicted octanol–water partition coefficient (Wildman–Crippen LogP) is 4.88. The molecule has 23 heavy (non-hydrogen) atoms. The first-order valence-electron chi connectivity index (χ1n) is 9.61. The van der Waals surface area contributed by atoms with Crippen molar-refractivity contribution in [3.8, 4) is 0 Å². The van der Waals surface area contributed by atoms with Crippen LogP contribution in [0.15, 0.2) is 0 Å². The number of hydrogen-bond acceptors (Lipinski definition) is 4. The largest absolute Gasteiger partial charge is 0.392 e. The molecule has 4 heteroatoms. The van der Waals surface area contributed by atoms with Crippen LogP contribution in [0.3, 0.4) is 0 Å². The first kappa shape index (κ1) is 22.1. The minimum absolute atomic E-state index is 0.205. The molecule has 0 aliphatic rings. The normalized spacial score (nSPS) is 12.1. The van der Waals surface area contributed by atoms with Crippen LogP contribution >= 0.6 is 0 Å². The highest BCUT2D eigenvalue weighted by Crippen LogP contribution is 2.13. The molecule has 0 spiro atoms. The van der Waals surface area contributed by atoms with E-state index in [0.717, 1.165) is 12.8 Å². The Morgan fingerprint density at radius 3 is 1.65 bits per heavy atom. The second-order valence-corrected chi connectivity index (χ2v) is 6.43. The fraction of sp³-hybridized carbons (Fsp3) is 0.895. The zero-order valence-electron chi connectivity index (χ0n) is 15.3. The van der Waals surface area contributed by atoms with E-state index >= 15 is 0 Å². The van der Waals surface area contributed by atoms with Crippen LogP contribution < -0.4 is 5.73 Å². The van der Waals surface area contributed by atoms with Gasteiger partial charge in [0.2, 0.25) is 0 Å². The van der Waals surface area contributed by atoms with Crippen molar-refractivity contribution in [1.82, 2.24) is 0 Å². The van der Waals surface area contributed by atoms with Gasteiger partial charge in [0.25, 0.3) is 0 Å². The molecule has 0 saturated heterocycles. The molecule has 0 aliphatic heterocycles. The zero-order chi connectivity index (χ0) is 17.3. The monoisotopic (exact) mass is 327 g/mol. The van der Waals surface area contributed by atoms with E-state index in [1.165, 1.54) is 64.2 Å². The Kier molecular flexibility index (Phi) is 15.4. The van der Waals surface area contributed by atoms with Crippen LogP contribution in [-0.2, 0) is 14.3 Å². The number of rotatable bonds is 15. The maximum Gasteiger partial charge on any atom is 0.330 e. The molecule has 0 radical (unpaired) electrons. The van der Waals surface area contributed by atoms with Crippen LogP contribution in [0.5, 0.6) is 0 Å². The second-order valence-electron chi connectivity index (χ2n) is 6.43. The molecule has 136 valence electrons. The van der Waals surface area contributed by atoms with Gasteiger partial charge in [0, 0.05) is 6.42 Å². The molecular formula is C19H37NO3. The highest BCUT2D eigenvalue weighted by atomic mass is 16.6. The molecule has 0 heterocycles. The van der Waals surface area contributed by atoms with Crippen molar-refractivity contribution in [1.29, 1.82) is 0 Å². The number of nitrogens with two attached hydrogens (primary N) is 1. The minimum Gasteiger partial charge on any atom is -0.392 e. The summed E-state index contributed by atoms with van der Waals surface area (Å²) in [5.74, 6) is -1.08. The second kappa shape index (κ2) is 16.0. The lowest BCUT2D eigenvalue weighted by Crippen LogP contribution is -2.33. The molecule has 0 rings (SSSR count). The lowest BCUT2D eigenvalue weighted by molar-refractivity contribution is -0.160. The average molecular weight is 328 g/mol. The molecule has 0 amide bonds. The van der Waals surface area contributed by atoms with Gasteiger partial charge < -0.3 is 10.5 Å². The van der Waals surface area contributed by atoms with Crippen molar-refractivity contribution in [3.05, 3.63) is 0 Å². The standard InChI is InChI=1S/C19H37NO3/c1-3-5-6-7-8-9-10-11-12-13-14-15-16-17(20)19(22)23-18(21)4-2/h17H,3-16,20H2,1-2H3. The quantitative estimate of drug-likeness (QED) is 0.264. The van der Waals surface area contributed by atoms with Crippen LogP contribution in [-0.4, -0.2) is 18.0 Å². The number of ether oxygens (including phenoxy) is 1. The molecule has 0 bridgehead atoms.